The summed E-state index contributed by atoms with van der Waals surface area (Å²) >= 11 is 0. The van der Waals surface area contributed by atoms with Gasteiger partial charge in [0.2, 0.25) is 5.91 Å². The lowest BCUT2D eigenvalue weighted by molar-refractivity contribution is -0.129. The fraction of sp³-hybridized carbons (Fsp3) is 0.750. The van der Waals surface area contributed by atoms with Crippen molar-refractivity contribution in [1.29, 1.82) is 0 Å². The number of rotatable bonds is 6. The molecule has 0 aliphatic heterocycles. The van der Waals surface area contributed by atoms with Crippen molar-refractivity contribution in [3.8, 4) is 12.3 Å². The molecule has 0 aromatic rings. The van der Waals surface area contributed by atoms with Gasteiger partial charge >= 0.3 is 0 Å². The van der Waals surface area contributed by atoms with Crippen LogP contribution in [0.3, 0.4) is 0 Å². The second kappa shape index (κ2) is 6.47. The Morgan fingerprint density at radius 3 is 2.53 bits per heavy atom. The summed E-state index contributed by atoms with van der Waals surface area (Å²) in [6, 6.07) is 0. The molecular weight excluding hydrogens is 188 g/mol. The molecule has 86 valence electrons. The van der Waals surface area contributed by atoms with Crippen LogP contribution < -0.4 is 5.73 Å². The molecule has 2 N–H and O–H groups in total. The van der Waals surface area contributed by atoms with E-state index in [2.05, 4.69) is 19.8 Å². The molecule has 0 aromatic heterocycles. The van der Waals surface area contributed by atoms with Crippen molar-refractivity contribution in [3.63, 3.8) is 0 Å². The average molecular weight is 210 g/mol. The topological polar surface area (TPSA) is 46.3 Å². The SMILES string of the molecule is C#CCN(C)C(=O)CCC(C)(C)CCN. The minimum Gasteiger partial charge on any atom is -0.335 e. The Morgan fingerprint density at radius 2 is 2.07 bits per heavy atom. The maximum atomic E-state index is 11.6. The molecule has 0 unspecified atom stereocenters. The highest BCUT2D eigenvalue weighted by Gasteiger charge is 2.19. The maximum absolute atomic E-state index is 11.6. The molecule has 0 bridgehead atoms. The van der Waals surface area contributed by atoms with Crippen LogP contribution in [-0.4, -0.2) is 30.9 Å². The van der Waals surface area contributed by atoms with Gasteiger partial charge in [0, 0.05) is 13.5 Å². The Kier molecular flexibility index (Phi) is 6.03. The van der Waals surface area contributed by atoms with Crippen molar-refractivity contribution < 1.29 is 4.79 Å². The molecule has 0 aliphatic rings. The van der Waals surface area contributed by atoms with E-state index in [1.807, 2.05) is 0 Å². The molecule has 0 atom stereocenters. The Labute approximate surface area is 93.0 Å². The van der Waals surface area contributed by atoms with Gasteiger partial charge in [-0.2, -0.15) is 0 Å². The van der Waals surface area contributed by atoms with Crippen LogP contribution in [0.5, 0.6) is 0 Å². The van der Waals surface area contributed by atoms with Gasteiger partial charge in [0.1, 0.15) is 0 Å². The standard InChI is InChI=1S/C12H22N2O/c1-5-10-14(4)11(15)6-7-12(2,3)8-9-13/h1H,6-10,13H2,2-4H3. The van der Waals surface area contributed by atoms with Crippen molar-refractivity contribution in [1.82, 2.24) is 4.90 Å². The summed E-state index contributed by atoms with van der Waals surface area (Å²) in [6.07, 6.45) is 7.49. The number of amides is 1. The third kappa shape index (κ3) is 6.14. The fourth-order valence-corrected chi connectivity index (χ4v) is 1.38. The first-order chi connectivity index (χ1) is 6.93. The Bertz CT molecular complexity index is 240. The molecule has 0 saturated carbocycles. The van der Waals surface area contributed by atoms with Crippen LogP contribution in [0, 0.1) is 17.8 Å². The smallest absolute Gasteiger partial charge is 0.223 e. The maximum Gasteiger partial charge on any atom is 0.223 e. The zero-order valence-electron chi connectivity index (χ0n) is 10.0. The van der Waals surface area contributed by atoms with Gasteiger partial charge in [-0.15, -0.1) is 6.42 Å². The summed E-state index contributed by atoms with van der Waals surface area (Å²) in [4.78, 5) is 13.2. The number of carbonyl (C=O) groups is 1. The number of hydrogen-bond donors (Lipinski definition) is 1. The number of carbonyl (C=O) groups excluding carboxylic acids is 1. The number of terminal acetylenes is 1. The summed E-state index contributed by atoms with van der Waals surface area (Å²) in [5.41, 5.74) is 5.65. The van der Waals surface area contributed by atoms with E-state index in [1.165, 1.54) is 0 Å². The molecule has 0 fully saturated rings. The van der Waals surface area contributed by atoms with Gasteiger partial charge in [-0.05, 0) is 24.8 Å². The third-order valence-corrected chi connectivity index (χ3v) is 2.59. The average Bonchev–Trinajstić information content (AvgIpc) is 2.14. The summed E-state index contributed by atoms with van der Waals surface area (Å²) < 4.78 is 0. The van der Waals surface area contributed by atoms with Crippen LogP contribution in [0.25, 0.3) is 0 Å². The molecule has 1 amide bonds. The van der Waals surface area contributed by atoms with E-state index >= 15 is 0 Å². The summed E-state index contributed by atoms with van der Waals surface area (Å²) in [7, 11) is 1.73. The molecule has 3 nitrogen and oxygen atoms in total. The second-order valence-corrected chi connectivity index (χ2v) is 4.66. The van der Waals surface area contributed by atoms with Gasteiger partial charge in [0.25, 0.3) is 0 Å². The normalized spacial score (nSPS) is 10.9. The van der Waals surface area contributed by atoms with Crippen LogP contribution in [0.4, 0.5) is 0 Å². The zero-order chi connectivity index (χ0) is 11.9. The predicted molar refractivity (Wildman–Crippen MR) is 63.2 cm³/mol. The first-order valence-corrected chi connectivity index (χ1v) is 5.30. The van der Waals surface area contributed by atoms with Crippen LogP contribution in [0.15, 0.2) is 0 Å². The van der Waals surface area contributed by atoms with Gasteiger partial charge in [-0.25, -0.2) is 0 Å². The molecule has 0 spiro atoms. The van der Waals surface area contributed by atoms with Crippen molar-refractivity contribution in [2.45, 2.75) is 33.1 Å². The number of hydrogen-bond acceptors (Lipinski definition) is 2. The van der Waals surface area contributed by atoms with Crippen LogP contribution >= 0.6 is 0 Å². The predicted octanol–water partition coefficient (Wildman–Crippen LogP) is 1.23. The molecule has 0 radical (unpaired) electrons. The van der Waals surface area contributed by atoms with E-state index in [9.17, 15) is 4.79 Å². The van der Waals surface area contributed by atoms with Gasteiger partial charge in [-0.3, -0.25) is 4.79 Å². The number of nitrogens with two attached hydrogens (primary N) is 1. The quantitative estimate of drug-likeness (QED) is 0.670. The second-order valence-electron chi connectivity index (χ2n) is 4.66. The van der Waals surface area contributed by atoms with Crippen molar-refractivity contribution >= 4 is 5.91 Å². The minimum atomic E-state index is 0.109. The molecule has 0 rings (SSSR count). The highest BCUT2D eigenvalue weighted by Crippen LogP contribution is 2.26. The molecule has 0 saturated heterocycles. The van der Waals surface area contributed by atoms with Crippen LogP contribution in [-0.2, 0) is 4.79 Å². The monoisotopic (exact) mass is 210 g/mol. The molecule has 0 aromatic carbocycles. The van der Waals surface area contributed by atoms with Crippen LogP contribution in [0.2, 0.25) is 0 Å². The molecule has 0 heterocycles. The van der Waals surface area contributed by atoms with E-state index in [0.717, 1.165) is 12.8 Å². The highest BCUT2D eigenvalue weighted by molar-refractivity contribution is 5.76. The van der Waals surface area contributed by atoms with Crippen molar-refractivity contribution in [2.24, 2.45) is 11.1 Å². The van der Waals surface area contributed by atoms with E-state index in [-0.39, 0.29) is 11.3 Å². The van der Waals surface area contributed by atoms with Gasteiger partial charge in [-0.1, -0.05) is 19.8 Å². The van der Waals surface area contributed by atoms with Crippen molar-refractivity contribution in [2.75, 3.05) is 20.1 Å². The first kappa shape index (κ1) is 14.0. The Balaban J connectivity index is 3.95. The molecule has 3 heteroatoms. The summed E-state index contributed by atoms with van der Waals surface area (Å²) in [5.74, 6) is 2.57. The highest BCUT2D eigenvalue weighted by atomic mass is 16.2. The first-order valence-electron chi connectivity index (χ1n) is 5.30. The van der Waals surface area contributed by atoms with Gasteiger partial charge < -0.3 is 10.6 Å². The van der Waals surface area contributed by atoms with E-state index < -0.39 is 0 Å². The minimum absolute atomic E-state index is 0.109. The van der Waals surface area contributed by atoms with Gasteiger partial charge in [0.15, 0.2) is 0 Å². The largest absolute Gasteiger partial charge is 0.335 e. The Morgan fingerprint density at radius 1 is 1.47 bits per heavy atom. The van der Waals surface area contributed by atoms with E-state index in [0.29, 0.717) is 19.5 Å². The zero-order valence-corrected chi connectivity index (χ0v) is 10.0. The molecular formula is C12H22N2O. The number of nitrogens with zero attached hydrogens (tertiary/aromatic N) is 1. The van der Waals surface area contributed by atoms with Crippen molar-refractivity contribution in [3.05, 3.63) is 0 Å². The van der Waals surface area contributed by atoms with E-state index in [1.54, 1.807) is 11.9 Å². The lowest BCUT2D eigenvalue weighted by atomic mass is 9.84. The lowest BCUT2D eigenvalue weighted by Gasteiger charge is -2.24. The van der Waals surface area contributed by atoms with Gasteiger partial charge in [0.05, 0.1) is 6.54 Å². The summed E-state index contributed by atoms with van der Waals surface area (Å²) in [6.45, 7) is 5.32. The Hall–Kier alpha value is -1.01. The fourth-order valence-electron chi connectivity index (χ4n) is 1.38. The summed E-state index contributed by atoms with van der Waals surface area (Å²) in [5, 5.41) is 0. The lowest BCUT2D eigenvalue weighted by Crippen LogP contribution is -2.28. The van der Waals surface area contributed by atoms with E-state index in [4.69, 9.17) is 12.2 Å². The third-order valence-electron chi connectivity index (χ3n) is 2.59. The molecule has 0 aliphatic carbocycles. The van der Waals surface area contributed by atoms with Crippen LogP contribution in [0.1, 0.15) is 33.1 Å². The molecule has 15 heavy (non-hydrogen) atoms.